The summed E-state index contributed by atoms with van der Waals surface area (Å²) in [5.74, 6) is 1.87. The first-order valence-corrected chi connectivity index (χ1v) is 12.5. The predicted octanol–water partition coefficient (Wildman–Crippen LogP) is 4.13. The number of aliphatic carboxylic acids is 1. The highest BCUT2D eigenvalue weighted by atomic mass is 32.2. The summed E-state index contributed by atoms with van der Waals surface area (Å²) in [6.07, 6.45) is 3.17. The van der Waals surface area contributed by atoms with Crippen molar-refractivity contribution in [3.8, 4) is 5.75 Å². The van der Waals surface area contributed by atoms with Crippen LogP contribution >= 0.6 is 11.8 Å². The maximum atomic E-state index is 12.7. The topological polar surface area (TPSA) is 91.2 Å². The lowest BCUT2D eigenvalue weighted by Gasteiger charge is -2.32. The molecular formula is C25H29N3O4S. The second-order valence-electron chi connectivity index (χ2n) is 8.34. The quantitative estimate of drug-likeness (QED) is 0.595. The first-order valence-electron chi connectivity index (χ1n) is 11.3. The highest BCUT2D eigenvalue weighted by molar-refractivity contribution is 7.99. The number of hydrogen-bond donors (Lipinski definition) is 2. The number of carboxylic acid groups (broad SMARTS) is 1. The zero-order chi connectivity index (χ0) is 23.2. The van der Waals surface area contributed by atoms with Crippen LogP contribution in [0, 0.1) is 5.92 Å². The van der Waals surface area contributed by atoms with Gasteiger partial charge in [0.15, 0.2) is 0 Å². The van der Waals surface area contributed by atoms with Gasteiger partial charge in [-0.2, -0.15) is 16.9 Å². The zero-order valence-corrected chi connectivity index (χ0v) is 19.5. The first-order chi connectivity index (χ1) is 16.0. The van der Waals surface area contributed by atoms with E-state index in [-0.39, 0.29) is 24.3 Å². The molecule has 2 N–H and O–H groups in total. The molecule has 0 saturated carbocycles. The molecule has 2 atom stereocenters. The van der Waals surface area contributed by atoms with E-state index in [0.717, 1.165) is 47.9 Å². The number of nitrogens with zero attached hydrogens (tertiary/aromatic N) is 2. The molecule has 7 nitrogen and oxygen atoms in total. The summed E-state index contributed by atoms with van der Waals surface area (Å²) in [4.78, 5) is 24.0. The number of anilines is 1. The lowest BCUT2D eigenvalue weighted by molar-refractivity contribution is -0.139. The van der Waals surface area contributed by atoms with Crippen LogP contribution in [0.5, 0.6) is 5.75 Å². The number of hydrogen-bond acceptors (Lipinski definition) is 6. The molecule has 2 heterocycles. The van der Waals surface area contributed by atoms with Crippen molar-refractivity contribution in [2.45, 2.75) is 32.3 Å². The molecule has 2 aliphatic heterocycles. The summed E-state index contributed by atoms with van der Waals surface area (Å²) in [7, 11) is 0. The molecule has 1 saturated heterocycles. The van der Waals surface area contributed by atoms with Crippen LogP contribution in [0.4, 0.5) is 5.69 Å². The number of benzene rings is 2. The van der Waals surface area contributed by atoms with Gasteiger partial charge in [0, 0.05) is 41.8 Å². The largest absolute Gasteiger partial charge is 0.490 e. The second-order valence-corrected chi connectivity index (χ2v) is 9.56. The number of ether oxygens (including phenoxy) is 1. The third-order valence-electron chi connectivity index (χ3n) is 5.97. The normalized spacial score (nSPS) is 20.2. The number of rotatable bonds is 7. The predicted molar refractivity (Wildman–Crippen MR) is 131 cm³/mol. The van der Waals surface area contributed by atoms with Crippen molar-refractivity contribution in [2.75, 3.05) is 29.9 Å². The monoisotopic (exact) mass is 467 g/mol. The minimum absolute atomic E-state index is 0.0703. The summed E-state index contributed by atoms with van der Waals surface area (Å²) in [6.45, 7) is 3.93. The van der Waals surface area contributed by atoms with E-state index in [1.54, 1.807) is 12.1 Å². The van der Waals surface area contributed by atoms with Crippen molar-refractivity contribution in [1.82, 2.24) is 5.01 Å². The summed E-state index contributed by atoms with van der Waals surface area (Å²) >= 11 is 1.95. The van der Waals surface area contributed by atoms with E-state index in [2.05, 4.69) is 15.4 Å². The Morgan fingerprint density at radius 2 is 1.97 bits per heavy atom. The smallest absolute Gasteiger partial charge is 0.303 e. The number of carboxylic acids is 1. The lowest BCUT2D eigenvalue weighted by Crippen LogP contribution is -2.34. The summed E-state index contributed by atoms with van der Waals surface area (Å²) < 4.78 is 6.03. The average Bonchev–Trinajstić information content (AvgIpc) is 2.83. The summed E-state index contributed by atoms with van der Waals surface area (Å²) in [6, 6.07) is 12.9. The Bertz CT molecular complexity index is 1020. The lowest BCUT2D eigenvalue weighted by atomic mass is 9.87. The molecule has 0 radical (unpaired) electrons. The van der Waals surface area contributed by atoms with Crippen molar-refractivity contribution in [2.24, 2.45) is 11.0 Å². The number of carbonyl (C=O) groups is 2. The molecular weight excluding hydrogens is 438 g/mol. The SMILES string of the molecule is CCC1Oc2ccc(NC(=O)c3ccc(C=NN4CCSCC4)cc3)cc2CC1CC(=O)O. The fraction of sp³-hybridized carbons (Fsp3) is 0.400. The van der Waals surface area contributed by atoms with Crippen LogP contribution < -0.4 is 10.1 Å². The summed E-state index contributed by atoms with van der Waals surface area (Å²) in [5.41, 5.74) is 3.10. The molecule has 4 rings (SSSR count). The Morgan fingerprint density at radius 1 is 1.21 bits per heavy atom. The molecule has 2 unspecified atom stereocenters. The van der Waals surface area contributed by atoms with Gasteiger partial charge in [-0.25, -0.2) is 0 Å². The number of carbonyl (C=O) groups excluding carboxylic acids is 1. The maximum Gasteiger partial charge on any atom is 0.303 e. The molecule has 0 spiro atoms. The van der Waals surface area contributed by atoms with Crippen LogP contribution in [0.1, 0.15) is 41.3 Å². The molecule has 0 aromatic heterocycles. The van der Waals surface area contributed by atoms with E-state index in [1.165, 1.54) is 0 Å². The third-order valence-corrected chi connectivity index (χ3v) is 6.92. The second kappa shape index (κ2) is 10.7. The fourth-order valence-corrected chi connectivity index (χ4v) is 5.07. The molecule has 2 aliphatic rings. The van der Waals surface area contributed by atoms with Gasteiger partial charge in [-0.05, 0) is 54.3 Å². The fourth-order valence-electron chi connectivity index (χ4n) is 4.19. The average molecular weight is 468 g/mol. The molecule has 1 fully saturated rings. The van der Waals surface area contributed by atoms with Gasteiger partial charge in [0.05, 0.1) is 12.6 Å². The van der Waals surface area contributed by atoms with Crippen LogP contribution in [-0.2, 0) is 11.2 Å². The van der Waals surface area contributed by atoms with Crippen LogP contribution in [0.25, 0.3) is 0 Å². The van der Waals surface area contributed by atoms with Crippen molar-refractivity contribution in [3.63, 3.8) is 0 Å². The van der Waals surface area contributed by atoms with E-state index in [0.29, 0.717) is 17.7 Å². The van der Waals surface area contributed by atoms with E-state index in [9.17, 15) is 14.7 Å². The van der Waals surface area contributed by atoms with Crippen molar-refractivity contribution >= 4 is 35.5 Å². The van der Waals surface area contributed by atoms with Crippen molar-refractivity contribution in [1.29, 1.82) is 0 Å². The molecule has 0 bridgehead atoms. The number of fused-ring (bicyclic) bond motifs is 1. The van der Waals surface area contributed by atoms with Crippen LogP contribution in [0.2, 0.25) is 0 Å². The molecule has 1 amide bonds. The van der Waals surface area contributed by atoms with E-state index in [1.807, 2.05) is 55.2 Å². The molecule has 174 valence electrons. The van der Waals surface area contributed by atoms with Gasteiger partial charge in [0.1, 0.15) is 11.9 Å². The minimum Gasteiger partial charge on any atom is -0.490 e. The highest BCUT2D eigenvalue weighted by Gasteiger charge is 2.30. The van der Waals surface area contributed by atoms with Crippen molar-refractivity contribution in [3.05, 3.63) is 59.2 Å². The highest BCUT2D eigenvalue weighted by Crippen LogP contribution is 2.35. The Labute approximate surface area is 198 Å². The van der Waals surface area contributed by atoms with Gasteiger partial charge in [-0.15, -0.1) is 0 Å². The van der Waals surface area contributed by atoms with Gasteiger partial charge in [0.2, 0.25) is 0 Å². The van der Waals surface area contributed by atoms with Gasteiger partial charge < -0.3 is 15.2 Å². The zero-order valence-electron chi connectivity index (χ0n) is 18.7. The van der Waals surface area contributed by atoms with Crippen LogP contribution in [0.3, 0.4) is 0 Å². The molecule has 2 aromatic rings. The standard InChI is InChI=1S/C25H29N3O4S/c1-2-22-20(15-24(29)30)13-19-14-21(7-8-23(19)32-22)27-25(31)18-5-3-17(4-6-18)16-26-28-9-11-33-12-10-28/h3-8,14,16,20,22H,2,9-13,15H2,1H3,(H,27,31)(H,29,30). The number of amides is 1. The summed E-state index contributed by atoms with van der Waals surface area (Å²) in [5, 5.41) is 18.7. The number of thioether (sulfide) groups is 1. The Hall–Kier alpha value is -3.00. The first kappa shape index (κ1) is 23.2. The Morgan fingerprint density at radius 3 is 2.67 bits per heavy atom. The molecule has 2 aromatic carbocycles. The Kier molecular flexibility index (Phi) is 7.54. The van der Waals surface area contributed by atoms with Crippen LogP contribution in [-0.4, -0.2) is 58.9 Å². The molecule has 8 heteroatoms. The van der Waals surface area contributed by atoms with E-state index >= 15 is 0 Å². The third kappa shape index (κ3) is 6.07. The van der Waals surface area contributed by atoms with Crippen LogP contribution in [0.15, 0.2) is 47.6 Å². The van der Waals surface area contributed by atoms with Gasteiger partial charge in [-0.3, -0.25) is 14.6 Å². The van der Waals surface area contributed by atoms with E-state index in [4.69, 9.17) is 4.74 Å². The maximum absolute atomic E-state index is 12.7. The van der Waals surface area contributed by atoms with Crippen molar-refractivity contribution < 1.29 is 19.4 Å². The number of hydrazone groups is 1. The van der Waals surface area contributed by atoms with Gasteiger partial charge >= 0.3 is 5.97 Å². The molecule has 33 heavy (non-hydrogen) atoms. The van der Waals surface area contributed by atoms with Gasteiger partial charge in [-0.1, -0.05) is 19.1 Å². The number of nitrogens with one attached hydrogen (secondary N) is 1. The Balaban J connectivity index is 1.39. The molecule has 0 aliphatic carbocycles. The van der Waals surface area contributed by atoms with E-state index < -0.39 is 5.97 Å². The minimum atomic E-state index is -0.821. The van der Waals surface area contributed by atoms with Gasteiger partial charge in [0.25, 0.3) is 5.91 Å².